The van der Waals surface area contributed by atoms with Crippen molar-refractivity contribution in [1.82, 2.24) is 9.97 Å². The van der Waals surface area contributed by atoms with Gasteiger partial charge in [-0.05, 0) is 17.5 Å². The summed E-state index contributed by atoms with van der Waals surface area (Å²) in [5, 5.41) is 4.90. The van der Waals surface area contributed by atoms with E-state index in [1.54, 1.807) is 6.20 Å². The highest BCUT2D eigenvalue weighted by atomic mass is 14.8. The molecule has 0 aliphatic heterocycles. The first-order valence-corrected chi connectivity index (χ1v) is 5.58. The molecule has 0 spiro atoms. The van der Waals surface area contributed by atoms with Gasteiger partial charge in [-0.3, -0.25) is 4.98 Å². The Hall–Kier alpha value is -2.42. The number of nitrogens with one attached hydrogen (secondary N) is 2. The third-order valence-corrected chi connectivity index (χ3v) is 3.23. The number of aromatic nitrogens is 3. The van der Waals surface area contributed by atoms with Crippen LogP contribution in [-0.4, -0.2) is 9.97 Å². The van der Waals surface area contributed by atoms with E-state index in [2.05, 4.69) is 39.2 Å². The van der Waals surface area contributed by atoms with Crippen molar-refractivity contribution in [2.45, 2.75) is 0 Å². The lowest BCUT2D eigenvalue weighted by atomic mass is 10.0. The highest BCUT2D eigenvalue weighted by Gasteiger charge is 2.07. The minimum absolute atomic E-state index is 1.02. The highest BCUT2D eigenvalue weighted by Crippen LogP contribution is 2.28. The second-order valence-corrected chi connectivity index (χ2v) is 4.17. The van der Waals surface area contributed by atoms with Crippen LogP contribution in [0.1, 0.15) is 0 Å². The predicted octanol–water partition coefficient (Wildman–Crippen LogP) is 2.68. The van der Waals surface area contributed by atoms with Gasteiger partial charge in [0, 0.05) is 17.8 Å². The van der Waals surface area contributed by atoms with Crippen LogP contribution in [0.25, 0.3) is 32.6 Å². The monoisotopic (exact) mass is 220 g/mol. The van der Waals surface area contributed by atoms with Crippen LogP contribution in [0, 0.1) is 0 Å². The third-order valence-electron chi connectivity index (χ3n) is 3.23. The van der Waals surface area contributed by atoms with Gasteiger partial charge in [-0.1, -0.05) is 12.1 Å². The molecule has 4 rings (SSSR count). The number of H-pyrrole nitrogens is 2. The van der Waals surface area contributed by atoms with Crippen molar-refractivity contribution >= 4 is 32.6 Å². The van der Waals surface area contributed by atoms with Gasteiger partial charge in [-0.15, -0.1) is 0 Å². The number of nitrogens with zero attached hydrogens (tertiary/aromatic N) is 1. The third kappa shape index (κ3) is 1.11. The molecular formula is C14H10N3+. The zero-order valence-electron chi connectivity index (χ0n) is 9.07. The van der Waals surface area contributed by atoms with Crippen molar-refractivity contribution < 1.29 is 4.98 Å². The molecule has 0 saturated heterocycles. The largest absolute Gasteiger partial charge is 0.358 e. The SMILES string of the molecule is c1c[nH]c2ccc3c4c[nH+]cc4ccc3c2n1. The summed E-state index contributed by atoms with van der Waals surface area (Å²) in [6.07, 6.45) is 7.70. The van der Waals surface area contributed by atoms with Gasteiger partial charge in [0.2, 0.25) is 0 Å². The topological polar surface area (TPSA) is 42.8 Å². The van der Waals surface area contributed by atoms with Crippen LogP contribution in [0.15, 0.2) is 49.1 Å². The fraction of sp³-hybridized carbons (Fsp3) is 0. The predicted molar refractivity (Wildman–Crippen MR) is 67.7 cm³/mol. The number of fused-ring (bicyclic) bond motifs is 5. The van der Waals surface area contributed by atoms with Crippen LogP contribution in [0.3, 0.4) is 0 Å². The maximum absolute atomic E-state index is 4.46. The van der Waals surface area contributed by atoms with Gasteiger partial charge in [-0.2, -0.15) is 0 Å². The molecule has 4 aromatic rings. The molecule has 3 heteroatoms. The molecule has 0 saturated carbocycles. The van der Waals surface area contributed by atoms with Crippen molar-refractivity contribution in [2.75, 3.05) is 0 Å². The number of aromatic amines is 2. The Morgan fingerprint density at radius 2 is 1.88 bits per heavy atom. The molecule has 2 aromatic heterocycles. The molecule has 0 aliphatic carbocycles. The van der Waals surface area contributed by atoms with E-state index in [-0.39, 0.29) is 0 Å². The van der Waals surface area contributed by atoms with Gasteiger partial charge < -0.3 is 4.98 Å². The zero-order chi connectivity index (χ0) is 11.2. The fourth-order valence-electron chi connectivity index (χ4n) is 2.43. The summed E-state index contributed by atoms with van der Waals surface area (Å²) in [5.74, 6) is 0. The smallest absolute Gasteiger partial charge is 0.175 e. The van der Waals surface area contributed by atoms with E-state index >= 15 is 0 Å². The van der Waals surface area contributed by atoms with Crippen LogP contribution >= 0.6 is 0 Å². The summed E-state index contributed by atoms with van der Waals surface area (Å²) in [7, 11) is 0. The number of hydrogen-bond donors (Lipinski definition) is 1. The van der Waals surface area contributed by atoms with Crippen LogP contribution in [0.4, 0.5) is 0 Å². The molecule has 0 bridgehead atoms. The fourth-order valence-corrected chi connectivity index (χ4v) is 2.43. The van der Waals surface area contributed by atoms with E-state index < -0.39 is 0 Å². The lowest BCUT2D eigenvalue weighted by Gasteiger charge is -2.02. The first-order chi connectivity index (χ1) is 8.43. The molecule has 3 nitrogen and oxygen atoms in total. The van der Waals surface area contributed by atoms with Crippen LogP contribution in [0.5, 0.6) is 0 Å². The van der Waals surface area contributed by atoms with Crippen molar-refractivity contribution in [3.63, 3.8) is 0 Å². The van der Waals surface area contributed by atoms with E-state index in [0.717, 1.165) is 11.0 Å². The molecule has 80 valence electrons. The molecular weight excluding hydrogens is 210 g/mol. The minimum Gasteiger partial charge on any atom is -0.358 e. The molecule has 0 aliphatic rings. The standard InChI is InChI=1S/C14H9N3/c1-2-11-10(12-8-15-7-9(1)12)3-4-13-14(11)17-6-5-16-13/h1-8,16H/p+1. The second kappa shape index (κ2) is 3.04. The van der Waals surface area contributed by atoms with E-state index in [0.29, 0.717) is 0 Å². The Balaban J connectivity index is 2.34. The van der Waals surface area contributed by atoms with Gasteiger partial charge >= 0.3 is 0 Å². The summed E-state index contributed by atoms with van der Waals surface area (Å²) in [5.41, 5.74) is 2.09. The first-order valence-electron chi connectivity index (χ1n) is 5.58. The number of rotatable bonds is 0. The molecule has 2 heterocycles. The lowest BCUT2D eigenvalue weighted by molar-refractivity contribution is -0.371. The quantitative estimate of drug-likeness (QED) is 0.455. The second-order valence-electron chi connectivity index (χ2n) is 4.17. The summed E-state index contributed by atoms with van der Waals surface area (Å²) in [6.45, 7) is 0. The zero-order valence-corrected chi connectivity index (χ0v) is 9.07. The summed E-state index contributed by atoms with van der Waals surface area (Å²) in [4.78, 5) is 10.8. The van der Waals surface area contributed by atoms with Gasteiger partial charge in [0.15, 0.2) is 12.4 Å². The van der Waals surface area contributed by atoms with Gasteiger partial charge in [0.25, 0.3) is 0 Å². The molecule has 0 radical (unpaired) electrons. The van der Waals surface area contributed by atoms with Gasteiger partial charge in [0.1, 0.15) is 0 Å². The van der Waals surface area contributed by atoms with E-state index in [1.807, 2.05) is 18.6 Å². The van der Waals surface area contributed by atoms with Gasteiger partial charge in [0.05, 0.1) is 21.8 Å². The Kier molecular flexibility index (Phi) is 1.56. The molecule has 0 fully saturated rings. The Bertz CT molecular complexity index is 846. The average molecular weight is 220 g/mol. The Morgan fingerprint density at radius 1 is 0.941 bits per heavy atom. The highest BCUT2D eigenvalue weighted by molar-refractivity contribution is 6.14. The Labute approximate surface area is 97.1 Å². The van der Waals surface area contributed by atoms with Crippen molar-refractivity contribution in [3.05, 3.63) is 49.1 Å². The molecule has 0 amide bonds. The van der Waals surface area contributed by atoms with Crippen molar-refractivity contribution in [1.29, 1.82) is 0 Å². The Morgan fingerprint density at radius 3 is 2.88 bits per heavy atom. The lowest BCUT2D eigenvalue weighted by Crippen LogP contribution is -1.87. The van der Waals surface area contributed by atoms with Gasteiger partial charge in [-0.25, -0.2) is 4.98 Å². The van der Waals surface area contributed by atoms with E-state index in [4.69, 9.17) is 0 Å². The number of hydrogen-bond acceptors (Lipinski definition) is 1. The molecule has 17 heavy (non-hydrogen) atoms. The number of benzene rings is 2. The molecule has 0 unspecified atom stereocenters. The maximum atomic E-state index is 4.46. The summed E-state index contributed by atoms with van der Waals surface area (Å²) >= 11 is 0. The summed E-state index contributed by atoms with van der Waals surface area (Å²) < 4.78 is 0. The first kappa shape index (κ1) is 8.70. The minimum atomic E-state index is 1.02. The normalized spacial score (nSPS) is 11.5. The average Bonchev–Trinajstić information content (AvgIpc) is 2.86. The molecule has 2 N–H and O–H groups in total. The van der Waals surface area contributed by atoms with Crippen LogP contribution in [-0.2, 0) is 0 Å². The van der Waals surface area contributed by atoms with E-state index in [1.165, 1.54) is 21.5 Å². The van der Waals surface area contributed by atoms with Crippen molar-refractivity contribution in [2.24, 2.45) is 0 Å². The molecule has 2 aromatic carbocycles. The van der Waals surface area contributed by atoms with Crippen LogP contribution in [0.2, 0.25) is 0 Å². The van der Waals surface area contributed by atoms with E-state index in [9.17, 15) is 0 Å². The van der Waals surface area contributed by atoms with Crippen molar-refractivity contribution in [3.8, 4) is 0 Å². The maximum Gasteiger partial charge on any atom is 0.175 e. The van der Waals surface area contributed by atoms with Crippen LogP contribution < -0.4 is 4.98 Å². The molecule has 0 atom stereocenters. The summed E-state index contributed by atoms with van der Waals surface area (Å²) in [6, 6.07) is 8.49.